The number of likely N-dealkylation sites (N-methyl/N-ethyl adjacent to an activating group) is 2. The van der Waals surface area contributed by atoms with Crippen molar-refractivity contribution in [3.8, 4) is 0 Å². The zero-order valence-electron chi connectivity index (χ0n) is 11.9. The molecular weight excluding hydrogens is 298 g/mol. The summed E-state index contributed by atoms with van der Waals surface area (Å²) in [5.41, 5.74) is 9.14. The highest BCUT2D eigenvalue weighted by Crippen LogP contribution is 2.10. The molecule has 7 N–H and O–H groups in total. The molecule has 0 rings (SSSR count). The Balaban J connectivity index is 5.10. The Morgan fingerprint density at radius 2 is 1.55 bits per heavy atom. The number of nitrogens with two attached hydrogens (primary N) is 2. The van der Waals surface area contributed by atoms with Crippen molar-refractivity contribution in [1.29, 1.82) is 0 Å². The Morgan fingerprint density at radius 3 is 1.95 bits per heavy atom. The van der Waals surface area contributed by atoms with Gasteiger partial charge in [-0.3, -0.25) is 14.9 Å². The summed E-state index contributed by atoms with van der Waals surface area (Å²) in [6, 6.07) is 0. The predicted molar refractivity (Wildman–Crippen MR) is 86.7 cm³/mol. The number of thiol groups is 2. The smallest absolute Gasteiger partial charge is 0.260 e. The Kier molecular flexibility index (Phi) is 8.52. The van der Waals surface area contributed by atoms with E-state index < -0.39 is 23.1 Å². The van der Waals surface area contributed by atoms with Crippen molar-refractivity contribution < 1.29 is 9.59 Å². The number of hydrogen-bond acceptors (Lipinski definition) is 7. The number of carbonyl (C=O) groups excluding carboxylic acids is 2. The van der Waals surface area contributed by atoms with Crippen LogP contribution < -0.4 is 27.4 Å². The average Bonchev–Trinajstić information content (AvgIpc) is 2.38. The molecule has 0 spiro atoms. The minimum Gasteiger partial charge on any atom is -0.356 e. The lowest BCUT2D eigenvalue weighted by Gasteiger charge is -2.34. The monoisotopic (exact) mass is 323 g/mol. The SMILES string of the molecule is CCN[C@@](N)(CCS)C(=O)N[C@](N)(CCS)C(=O)NC. The predicted octanol–water partition coefficient (Wildman–Crippen LogP) is -1.59. The topological polar surface area (TPSA) is 122 Å². The lowest BCUT2D eigenvalue weighted by molar-refractivity contribution is -0.136. The second-order valence-electron chi connectivity index (χ2n) is 4.45. The number of rotatable bonds is 9. The largest absolute Gasteiger partial charge is 0.356 e. The van der Waals surface area contributed by atoms with Gasteiger partial charge in [-0.25, -0.2) is 0 Å². The van der Waals surface area contributed by atoms with Gasteiger partial charge >= 0.3 is 0 Å². The first kappa shape index (κ1) is 19.5. The van der Waals surface area contributed by atoms with Crippen molar-refractivity contribution in [3.63, 3.8) is 0 Å². The van der Waals surface area contributed by atoms with E-state index in [4.69, 9.17) is 11.5 Å². The van der Waals surface area contributed by atoms with Gasteiger partial charge in [0.1, 0.15) is 5.66 Å². The van der Waals surface area contributed by atoms with Crippen LogP contribution in [0.5, 0.6) is 0 Å². The van der Waals surface area contributed by atoms with E-state index in [2.05, 4.69) is 41.2 Å². The van der Waals surface area contributed by atoms with Crippen molar-refractivity contribution in [1.82, 2.24) is 16.0 Å². The Labute approximate surface area is 130 Å². The molecule has 0 saturated carbocycles. The van der Waals surface area contributed by atoms with Crippen LogP contribution in [0.1, 0.15) is 19.8 Å². The molecule has 9 heteroatoms. The summed E-state index contributed by atoms with van der Waals surface area (Å²) >= 11 is 8.14. The molecule has 0 radical (unpaired) electrons. The van der Waals surface area contributed by atoms with E-state index in [9.17, 15) is 9.59 Å². The standard InChI is InChI=1S/C11H25N5O2S2/c1-3-15-10(12,4-6-19)9(18)16-11(13,5-7-20)8(17)14-2/h15,19-20H,3-7,12-13H2,1-2H3,(H,14,17)(H,16,18)/t10-,11+/m0/s1. The van der Waals surface area contributed by atoms with Gasteiger partial charge in [0.15, 0.2) is 5.66 Å². The second-order valence-corrected chi connectivity index (χ2v) is 5.35. The number of nitrogens with one attached hydrogen (secondary N) is 3. The van der Waals surface area contributed by atoms with Crippen molar-refractivity contribution in [2.45, 2.75) is 31.1 Å². The molecule has 0 fully saturated rings. The van der Waals surface area contributed by atoms with Gasteiger partial charge in [-0.05, 0) is 24.5 Å². The minimum absolute atomic E-state index is 0.185. The second kappa shape index (κ2) is 8.73. The molecule has 0 aliphatic carbocycles. The van der Waals surface area contributed by atoms with Crippen molar-refractivity contribution >= 4 is 37.1 Å². The molecule has 2 amide bonds. The third-order valence-electron chi connectivity index (χ3n) is 2.88. The normalized spacial score (nSPS) is 16.9. The average molecular weight is 323 g/mol. The molecule has 0 bridgehead atoms. The molecule has 7 nitrogen and oxygen atoms in total. The molecule has 0 aliphatic heterocycles. The van der Waals surface area contributed by atoms with Gasteiger partial charge in [0.25, 0.3) is 11.8 Å². The molecule has 0 unspecified atom stereocenters. The minimum atomic E-state index is -1.54. The summed E-state index contributed by atoms with van der Waals surface area (Å²) in [6.07, 6.45) is 0.491. The van der Waals surface area contributed by atoms with Crippen molar-refractivity contribution in [2.24, 2.45) is 11.5 Å². The van der Waals surface area contributed by atoms with E-state index in [1.54, 1.807) is 0 Å². The van der Waals surface area contributed by atoms with Gasteiger partial charge in [-0.2, -0.15) is 25.3 Å². The zero-order chi connectivity index (χ0) is 15.8. The van der Waals surface area contributed by atoms with Crippen LogP contribution in [0, 0.1) is 0 Å². The highest BCUT2D eigenvalue weighted by Gasteiger charge is 2.40. The maximum atomic E-state index is 12.3. The van der Waals surface area contributed by atoms with E-state index >= 15 is 0 Å². The lowest BCUT2D eigenvalue weighted by atomic mass is 10.0. The molecule has 0 heterocycles. The van der Waals surface area contributed by atoms with Crippen molar-refractivity contribution in [2.75, 3.05) is 25.1 Å². The Bertz CT molecular complexity index is 337. The van der Waals surface area contributed by atoms with Gasteiger partial charge in [0.05, 0.1) is 0 Å². The van der Waals surface area contributed by atoms with Crippen LogP contribution in [0.15, 0.2) is 0 Å². The fourth-order valence-corrected chi connectivity index (χ4v) is 2.43. The summed E-state index contributed by atoms with van der Waals surface area (Å²) in [6.45, 7) is 2.33. The van der Waals surface area contributed by atoms with Crippen molar-refractivity contribution in [3.05, 3.63) is 0 Å². The van der Waals surface area contributed by atoms with Crippen LogP contribution in [-0.4, -0.2) is 48.2 Å². The zero-order valence-corrected chi connectivity index (χ0v) is 13.7. The third kappa shape index (κ3) is 5.13. The van der Waals surface area contributed by atoms with E-state index in [0.29, 0.717) is 24.5 Å². The summed E-state index contributed by atoms with van der Waals surface area (Å²) in [4.78, 5) is 24.2. The van der Waals surface area contributed by atoms with E-state index in [1.165, 1.54) is 7.05 Å². The fourth-order valence-electron chi connectivity index (χ4n) is 1.72. The van der Waals surface area contributed by atoms with Crippen LogP contribution in [0.25, 0.3) is 0 Å². The first-order valence-electron chi connectivity index (χ1n) is 6.39. The van der Waals surface area contributed by atoms with Crippen LogP contribution in [0.2, 0.25) is 0 Å². The van der Waals surface area contributed by atoms with Crippen LogP contribution in [0.4, 0.5) is 0 Å². The van der Waals surface area contributed by atoms with Gasteiger partial charge in [-0.15, -0.1) is 0 Å². The highest BCUT2D eigenvalue weighted by molar-refractivity contribution is 7.80. The van der Waals surface area contributed by atoms with E-state index in [0.717, 1.165) is 0 Å². The fraction of sp³-hybridized carbons (Fsp3) is 0.818. The maximum Gasteiger partial charge on any atom is 0.260 e. The Morgan fingerprint density at radius 1 is 1.05 bits per heavy atom. The number of hydrogen-bond donors (Lipinski definition) is 7. The van der Waals surface area contributed by atoms with Crippen LogP contribution >= 0.6 is 25.3 Å². The number of amides is 2. The highest BCUT2D eigenvalue weighted by atomic mass is 32.1. The summed E-state index contributed by atoms with van der Waals surface area (Å²) in [7, 11) is 1.45. The first-order valence-corrected chi connectivity index (χ1v) is 7.65. The third-order valence-corrected chi connectivity index (χ3v) is 3.33. The summed E-state index contributed by atoms with van der Waals surface area (Å²) < 4.78 is 0. The first-order chi connectivity index (χ1) is 9.29. The van der Waals surface area contributed by atoms with E-state index in [-0.39, 0.29) is 6.42 Å². The molecule has 118 valence electrons. The van der Waals surface area contributed by atoms with E-state index in [1.807, 2.05) is 6.92 Å². The number of carbonyl (C=O) groups is 2. The van der Waals surface area contributed by atoms with Gasteiger partial charge < -0.3 is 22.1 Å². The van der Waals surface area contributed by atoms with Crippen LogP contribution in [-0.2, 0) is 9.59 Å². The maximum absolute atomic E-state index is 12.3. The molecule has 0 aromatic heterocycles. The quantitative estimate of drug-likeness (QED) is 0.204. The summed E-state index contributed by atoms with van der Waals surface area (Å²) in [5.74, 6) is -0.276. The molecular formula is C11H25N5O2S2. The molecule has 0 aromatic carbocycles. The summed E-state index contributed by atoms with van der Waals surface area (Å²) in [5, 5.41) is 7.83. The Hall–Kier alpha value is -0.480. The molecule has 0 aromatic rings. The van der Waals surface area contributed by atoms with Gasteiger partial charge in [0.2, 0.25) is 0 Å². The molecule has 2 atom stereocenters. The van der Waals surface area contributed by atoms with Gasteiger partial charge in [-0.1, -0.05) is 6.92 Å². The van der Waals surface area contributed by atoms with Gasteiger partial charge in [0, 0.05) is 13.5 Å². The lowest BCUT2D eigenvalue weighted by Crippen LogP contribution is -2.72. The van der Waals surface area contributed by atoms with Crippen LogP contribution in [0.3, 0.4) is 0 Å². The molecule has 0 saturated heterocycles. The molecule has 0 aliphatic rings. The molecule has 20 heavy (non-hydrogen) atoms.